The summed E-state index contributed by atoms with van der Waals surface area (Å²) in [7, 11) is 0. The molecule has 1 nitrogen and oxygen atoms in total. The molecule has 0 aromatic heterocycles. The van der Waals surface area contributed by atoms with Crippen molar-refractivity contribution in [2.24, 2.45) is 0 Å². The molecular weight excluding hydrogens is 326 g/mol. The van der Waals surface area contributed by atoms with Crippen LogP contribution in [0.25, 0.3) is 0 Å². The van der Waals surface area contributed by atoms with Gasteiger partial charge in [-0.3, -0.25) is 8.78 Å². The average Bonchev–Trinajstić information content (AvgIpc) is 2.27. The molecule has 0 saturated heterocycles. The van der Waals surface area contributed by atoms with Crippen molar-refractivity contribution in [3.8, 4) is 0 Å². The Labute approximate surface area is 113 Å². The van der Waals surface area contributed by atoms with Crippen LogP contribution in [0.2, 0.25) is 0 Å². The van der Waals surface area contributed by atoms with E-state index in [9.17, 15) is 43.9 Å². The first-order valence-electron chi connectivity index (χ1n) is 5.54. The first kappa shape index (κ1) is 20.3. The van der Waals surface area contributed by atoms with Crippen molar-refractivity contribution in [1.29, 1.82) is 0 Å². The molecule has 0 aliphatic rings. The van der Waals surface area contributed by atoms with Crippen LogP contribution >= 0.6 is 0 Å². The van der Waals surface area contributed by atoms with Gasteiger partial charge in [-0.05, 0) is 0 Å². The molecule has 21 heavy (non-hydrogen) atoms. The highest BCUT2D eigenvalue weighted by Gasteiger charge is 2.58. The average molecular weight is 338 g/mol. The summed E-state index contributed by atoms with van der Waals surface area (Å²) in [4.78, 5) is 0. The maximum Gasteiger partial charge on any atom is 0.332 e. The molecule has 0 heterocycles. The molecule has 0 rings (SSSR count). The van der Waals surface area contributed by atoms with Gasteiger partial charge in [-0.1, -0.05) is 0 Å². The molecule has 128 valence electrons. The van der Waals surface area contributed by atoms with Crippen LogP contribution in [0.4, 0.5) is 43.9 Å². The van der Waals surface area contributed by atoms with E-state index in [2.05, 4.69) is 4.74 Å². The van der Waals surface area contributed by atoms with Crippen LogP contribution < -0.4 is 0 Å². The van der Waals surface area contributed by atoms with Gasteiger partial charge in [0.25, 0.3) is 0 Å². The Morgan fingerprint density at radius 2 is 0.810 bits per heavy atom. The van der Waals surface area contributed by atoms with Gasteiger partial charge in [0.05, 0.1) is 13.3 Å². The Balaban J connectivity index is 4.61. The van der Waals surface area contributed by atoms with Crippen molar-refractivity contribution in [1.82, 2.24) is 0 Å². The van der Waals surface area contributed by atoms with Gasteiger partial charge in [0.1, 0.15) is 13.2 Å². The van der Waals surface area contributed by atoms with Gasteiger partial charge in [-0.25, -0.2) is 0 Å². The highest BCUT2D eigenvalue weighted by Crippen LogP contribution is 2.40. The lowest BCUT2D eigenvalue weighted by molar-refractivity contribution is -0.266. The molecule has 0 aliphatic heterocycles. The summed E-state index contributed by atoms with van der Waals surface area (Å²) < 4.78 is 129. The third-order valence-corrected chi connectivity index (χ3v) is 2.45. The predicted octanol–water partition coefficient (Wildman–Crippen LogP) is 4.26. The second-order valence-corrected chi connectivity index (χ2v) is 4.19. The van der Waals surface area contributed by atoms with E-state index in [1.54, 1.807) is 0 Å². The third kappa shape index (κ3) is 5.19. The van der Waals surface area contributed by atoms with Crippen LogP contribution in [-0.4, -0.2) is 50.3 Å². The SMILES string of the molecule is FCCC(F)(F)C(F)(F)COCC(F)(F)C(F)(F)CCF. The summed E-state index contributed by atoms with van der Waals surface area (Å²) in [5.74, 6) is -19.8. The molecule has 0 unspecified atom stereocenters. The third-order valence-electron chi connectivity index (χ3n) is 2.45. The van der Waals surface area contributed by atoms with E-state index in [0.29, 0.717) is 0 Å². The van der Waals surface area contributed by atoms with Crippen molar-refractivity contribution in [3.63, 3.8) is 0 Å². The predicted molar refractivity (Wildman–Crippen MR) is 51.8 cm³/mol. The lowest BCUT2D eigenvalue weighted by Crippen LogP contribution is -2.48. The number of hydrogen-bond acceptors (Lipinski definition) is 1. The van der Waals surface area contributed by atoms with Gasteiger partial charge < -0.3 is 4.74 Å². The normalized spacial score (nSPS) is 14.6. The van der Waals surface area contributed by atoms with Gasteiger partial charge in [-0.15, -0.1) is 0 Å². The number of ether oxygens (including phenoxy) is 1. The topological polar surface area (TPSA) is 9.23 Å². The minimum atomic E-state index is -5.01. The molecule has 0 N–H and O–H groups in total. The van der Waals surface area contributed by atoms with E-state index >= 15 is 0 Å². The summed E-state index contributed by atoms with van der Waals surface area (Å²) in [6, 6.07) is 0. The zero-order valence-corrected chi connectivity index (χ0v) is 10.4. The summed E-state index contributed by atoms with van der Waals surface area (Å²) in [5.41, 5.74) is 0. The molecule has 0 bridgehead atoms. The summed E-state index contributed by atoms with van der Waals surface area (Å²) in [6.07, 6.45) is -3.75. The highest BCUT2D eigenvalue weighted by atomic mass is 19.3. The van der Waals surface area contributed by atoms with Crippen LogP contribution in [-0.2, 0) is 4.74 Å². The Morgan fingerprint density at radius 1 is 0.524 bits per heavy atom. The zero-order chi connectivity index (χ0) is 16.9. The van der Waals surface area contributed by atoms with Crippen molar-refractivity contribution < 1.29 is 48.6 Å². The van der Waals surface area contributed by atoms with E-state index in [1.807, 2.05) is 0 Å². The van der Waals surface area contributed by atoms with Crippen molar-refractivity contribution in [2.75, 3.05) is 26.6 Å². The molecule has 11 heteroatoms. The highest BCUT2D eigenvalue weighted by molar-refractivity contribution is 4.87. The van der Waals surface area contributed by atoms with Crippen LogP contribution in [0.5, 0.6) is 0 Å². The minimum Gasteiger partial charge on any atom is -0.368 e. The molecule has 0 aromatic rings. The first-order chi connectivity index (χ1) is 9.33. The standard InChI is InChI=1S/C10H12F10O/c11-3-1-7(13,14)9(17,18)5-21-6-10(19,20)8(15,16)2-4-12/h1-6H2. The maximum atomic E-state index is 12.9. The Morgan fingerprint density at radius 3 is 1.05 bits per heavy atom. The molecule has 0 aliphatic carbocycles. The monoisotopic (exact) mass is 338 g/mol. The second-order valence-electron chi connectivity index (χ2n) is 4.19. The zero-order valence-electron chi connectivity index (χ0n) is 10.4. The van der Waals surface area contributed by atoms with Crippen molar-refractivity contribution in [3.05, 3.63) is 0 Å². The summed E-state index contributed by atoms with van der Waals surface area (Å²) >= 11 is 0. The van der Waals surface area contributed by atoms with Gasteiger partial charge in [-0.2, -0.15) is 35.1 Å². The molecule has 0 fully saturated rings. The fourth-order valence-corrected chi connectivity index (χ4v) is 1.12. The van der Waals surface area contributed by atoms with E-state index in [0.717, 1.165) is 0 Å². The Hall–Kier alpha value is -0.740. The van der Waals surface area contributed by atoms with E-state index in [1.165, 1.54) is 0 Å². The number of halogens is 10. The molecule has 0 radical (unpaired) electrons. The number of hydrogen-bond donors (Lipinski definition) is 0. The van der Waals surface area contributed by atoms with Crippen LogP contribution in [0.15, 0.2) is 0 Å². The molecule has 0 saturated carbocycles. The molecule has 0 spiro atoms. The fourth-order valence-electron chi connectivity index (χ4n) is 1.12. The number of alkyl halides is 10. The van der Waals surface area contributed by atoms with Gasteiger partial charge in [0.15, 0.2) is 0 Å². The van der Waals surface area contributed by atoms with Crippen LogP contribution in [0.1, 0.15) is 12.8 Å². The molecular formula is C10H12F10O. The van der Waals surface area contributed by atoms with E-state index < -0.39 is 63.1 Å². The number of rotatable bonds is 10. The smallest absolute Gasteiger partial charge is 0.332 e. The van der Waals surface area contributed by atoms with Crippen LogP contribution in [0, 0.1) is 0 Å². The Kier molecular flexibility index (Phi) is 6.77. The second kappa shape index (κ2) is 7.01. The molecule has 0 atom stereocenters. The van der Waals surface area contributed by atoms with Gasteiger partial charge >= 0.3 is 23.7 Å². The van der Waals surface area contributed by atoms with Gasteiger partial charge in [0, 0.05) is 12.8 Å². The fraction of sp³-hybridized carbons (Fsp3) is 1.00. The molecule has 0 aromatic carbocycles. The lowest BCUT2D eigenvalue weighted by atomic mass is 10.1. The molecule has 0 amide bonds. The van der Waals surface area contributed by atoms with Crippen molar-refractivity contribution >= 4 is 0 Å². The summed E-state index contributed by atoms with van der Waals surface area (Å²) in [6.45, 7) is -8.21. The lowest BCUT2D eigenvalue weighted by Gasteiger charge is -2.28. The summed E-state index contributed by atoms with van der Waals surface area (Å²) in [5, 5.41) is 0. The largest absolute Gasteiger partial charge is 0.368 e. The van der Waals surface area contributed by atoms with E-state index in [4.69, 9.17) is 0 Å². The van der Waals surface area contributed by atoms with Crippen LogP contribution in [0.3, 0.4) is 0 Å². The minimum absolute atomic E-state index is 1.80. The van der Waals surface area contributed by atoms with E-state index in [-0.39, 0.29) is 0 Å². The van der Waals surface area contributed by atoms with Crippen molar-refractivity contribution in [2.45, 2.75) is 36.5 Å². The quantitative estimate of drug-likeness (QED) is 0.541. The van der Waals surface area contributed by atoms with Gasteiger partial charge in [0.2, 0.25) is 0 Å². The first-order valence-corrected chi connectivity index (χ1v) is 5.54. The Bertz CT molecular complexity index is 287. The maximum absolute atomic E-state index is 12.9.